The van der Waals surface area contributed by atoms with Crippen molar-refractivity contribution in [2.75, 3.05) is 14.2 Å². The fraction of sp³-hybridized carbons (Fsp3) is 0.429. The van der Waals surface area contributed by atoms with E-state index in [0.29, 0.717) is 6.42 Å². The lowest BCUT2D eigenvalue weighted by atomic mass is 9.67. The van der Waals surface area contributed by atoms with E-state index < -0.39 is 5.41 Å². The van der Waals surface area contributed by atoms with Gasteiger partial charge in [0.05, 0.1) is 26.4 Å². The molecule has 0 bridgehead atoms. The molecule has 4 heteroatoms. The minimum absolute atomic E-state index is 0.0696. The quantitative estimate of drug-likeness (QED) is 0.763. The molecule has 0 spiro atoms. The first-order valence-electron chi connectivity index (χ1n) is 8.60. The smallest absolute Gasteiger partial charge is 0.168 e. The van der Waals surface area contributed by atoms with E-state index >= 15 is 0 Å². The number of hydrogen-bond donors (Lipinski definition) is 0. The van der Waals surface area contributed by atoms with Crippen LogP contribution in [-0.2, 0) is 0 Å². The molecule has 25 heavy (non-hydrogen) atoms. The van der Waals surface area contributed by atoms with Crippen molar-refractivity contribution in [1.29, 1.82) is 10.5 Å². The SMILES string of the molecule is COc1ccc(OC)c([C@@H]2C=CCC(C#N)(C#N)C3=CCCC[C@H]32)c1. The Morgan fingerprint density at radius 2 is 1.96 bits per heavy atom. The Bertz CT molecular complexity index is 781. The monoisotopic (exact) mass is 334 g/mol. The predicted octanol–water partition coefficient (Wildman–Crippen LogP) is 4.51. The molecule has 2 atom stereocenters. The van der Waals surface area contributed by atoms with Crippen molar-refractivity contribution in [3.63, 3.8) is 0 Å². The molecule has 0 aromatic heterocycles. The molecule has 0 unspecified atom stereocenters. The van der Waals surface area contributed by atoms with Gasteiger partial charge in [0.15, 0.2) is 5.41 Å². The molecule has 0 heterocycles. The van der Waals surface area contributed by atoms with Crippen LogP contribution in [-0.4, -0.2) is 14.2 Å². The number of ether oxygens (including phenoxy) is 2. The Morgan fingerprint density at radius 3 is 2.64 bits per heavy atom. The van der Waals surface area contributed by atoms with Gasteiger partial charge in [0, 0.05) is 17.9 Å². The van der Waals surface area contributed by atoms with E-state index in [1.54, 1.807) is 14.2 Å². The Kier molecular flexibility index (Phi) is 4.81. The third-order valence-corrected chi connectivity index (χ3v) is 5.35. The van der Waals surface area contributed by atoms with E-state index in [1.807, 2.05) is 24.3 Å². The van der Waals surface area contributed by atoms with Crippen molar-refractivity contribution < 1.29 is 9.47 Å². The fourth-order valence-electron chi connectivity index (χ4n) is 4.08. The summed E-state index contributed by atoms with van der Waals surface area (Å²) in [4.78, 5) is 0. The lowest BCUT2D eigenvalue weighted by molar-refractivity contribution is 0.379. The molecule has 1 aromatic rings. The molecule has 3 rings (SSSR count). The van der Waals surface area contributed by atoms with Crippen molar-refractivity contribution in [2.45, 2.75) is 31.6 Å². The average Bonchev–Trinajstić information content (AvgIpc) is 2.84. The maximum absolute atomic E-state index is 9.75. The third kappa shape index (κ3) is 2.89. The summed E-state index contributed by atoms with van der Waals surface area (Å²) in [5.41, 5.74) is 0.966. The highest BCUT2D eigenvalue weighted by atomic mass is 16.5. The molecule has 0 fully saturated rings. The highest BCUT2D eigenvalue weighted by Crippen LogP contribution is 2.50. The van der Waals surface area contributed by atoms with Gasteiger partial charge in [0.25, 0.3) is 0 Å². The second-order valence-corrected chi connectivity index (χ2v) is 6.59. The second-order valence-electron chi connectivity index (χ2n) is 6.59. The van der Waals surface area contributed by atoms with Gasteiger partial charge >= 0.3 is 0 Å². The van der Waals surface area contributed by atoms with Crippen LogP contribution in [0, 0.1) is 34.0 Å². The van der Waals surface area contributed by atoms with Gasteiger partial charge in [-0.2, -0.15) is 10.5 Å². The first-order valence-corrected chi connectivity index (χ1v) is 8.60. The molecule has 2 aliphatic rings. The Morgan fingerprint density at radius 1 is 1.16 bits per heavy atom. The number of benzene rings is 1. The number of methoxy groups -OCH3 is 2. The number of hydrogen-bond acceptors (Lipinski definition) is 4. The topological polar surface area (TPSA) is 66.0 Å². The van der Waals surface area contributed by atoms with Gasteiger partial charge in [-0.05, 0) is 49.0 Å². The zero-order valence-corrected chi connectivity index (χ0v) is 14.7. The highest BCUT2D eigenvalue weighted by molar-refractivity contribution is 5.48. The number of fused-ring (bicyclic) bond motifs is 1. The summed E-state index contributed by atoms with van der Waals surface area (Å²) in [6.07, 6.45) is 9.63. The number of rotatable bonds is 3. The van der Waals surface area contributed by atoms with E-state index in [-0.39, 0.29) is 11.8 Å². The zero-order chi connectivity index (χ0) is 17.9. The molecular weight excluding hydrogens is 312 g/mol. The normalized spacial score (nSPS) is 24.1. The lowest BCUT2D eigenvalue weighted by Gasteiger charge is -2.34. The molecule has 0 saturated heterocycles. The Labute approximate surface area is 149 Å². The van der Waals surface area contributed by atoms with Gasteiger partial charge in [-0.15, -0.1) is 0 Å². The molecule has 2 aliphatic carbocycles. The molecular formula is C21H22N2O2. The summed E-state index contributed by atoms with van der Waals surface area (Å²) >= 11 is 0. The fourth-order valence-corrected chi connectivity index (χ4v) is 4.08. The van der Waals surface area contributed by atoms with Crippen LogP contribution in [0.1, 0.15) is 37.2 Å². The number of nitriles is 2. The first-order chi connectivity index (χ1) is 12.2. The van der Waals surface area contributed by atoms with Crippen LogP contribution in [0.5, 0.6) is 11.5 Å². The Hall–Kier alpha value is -2.72. The summed E-state index contributed by atoms with van der Waals surface area (Å²) in [5, 5.41) is 19.5. The van der Waals surface area contributed by atoms with Crippen LogP contribution >= 0.6 is 0 Å². The van der Waals surface area contributed by atoms with Crippen LogP contribution in [0.15, 0.2) is 42.0 Å². The van der Waals surface area contributed by atoms with Gasteiger partial charge < -0.3 is 9.47 Å². The number of allylic oxidation sites excluding steroid dienone is 4. The third-order valence-electron chi connectivity index (χ3n) is 5.35. The summed E-state index contributed by atoms with van der Waals surface area (Å²) in [7, 11) is 3.31. The average molecular weight is 334 g/mol. The molecule has 0 N–H and O–H groups in total. The summed E-state index contributed by atoms with van der Waals surface area (Å²) in [6, 6.07) is 10.4. The highest BCUT2D eigenvalue weighted by Gasteiger charge is 2.43. The van der Waals surface area contributed by atoms with Crippen molar-refractivity contribution in [1.82, 2.24) is 0 Å². The van der Waals surface area contributed by atoms with Crippen LogP contribution in [0.2, 0.25) is 0 Å². The molecule has 128 valence electrons. The molecule has 0 radical (unpaired) electrons. The zero-order valence-electron chi connectivity index (χ0n) is 14.7. The predicted molar refractivity (Wildman–Crippen MR) is 95.1 cm³/mol. The maximum atomic E-state index is 9.75. The van der Waals surface area contributed by atoms with Crippen molar-refractivity contribution in [3.8, 4) is 23.6 Å². The van der Waals surface area contributed by atoms with E-state index in [4.69, 9.17) is 9.47 Å². The van der Waals surface area contributed by atoms with Gasteiger partial charge in [-0.3, -0.25) is 0 Å². The van der Waals surface area contributed by atoms with Gasteiger partial charge in [0.1, 0.15) is 11.5 Å². The molecule has 0 amide bonds. The first kappa shape index (κ1) is 17.1. The van der Waals surface area contributed by atoms with E-state index in [1.165, 1.54) is 0 Å². The minimum Gasteiger partial charge on any atom is -0.497 e. The molecule has 0 saturated carbocycles. The van der Waals surface area contributed by atoms with E-state index in [9.17, 15) is 10.5 Å². The summed E-state index contributed by atoms with van der Waals surface area (Å²) in [5.74, 6) is 1.79. The van der Waals surface area contributed by atoms with Crippen LogP contribution < -0.4 is 9.47 Å². The van der Waals surface area contributed by atoms with Gasteiger partial charge in [0.2, 0.25) is 0 Å². The van der Waals surface area contributed by atoms with Crippen LogP contribution in [0.4, 0.5) is 0 Å². The largest absolute Gasteiger partial charge is 0.497 e. The van der Waals surface area contributed by atoms with Crippen molar-refractivity contribution >= 4 is 0 Å². The second kappa shape index (κ2) is 7.03. The Balaban J connectivity index is 2.13. The lowest BCUT2D eigenvalue weighted by Crippen LogP contribution is -2.27. The van der Waals surface area contributed by atoms with Crippen molar-refractivity contribution in [3.05, 3.63) is 47.6 Å². The van der Waals surface area contributed by atoms with Crippen molar-refractivity contribution in [2.24, 2.45) is 11.3 Å². The molecule has 0 aliphatic heterocycles. The van der Waals surface area contributed by atoms with Gasteiger partial charge in [-0.25, -0.2) is 0 Å². The molecule has 4 nitrogen and oxygen atoms in total. The maximum Gasteiger partial charge on any atom is 0.168 e. The summed E-state index contributed by atoms with van der Waals surface area (Å²) in [6.45, 7) is 0. The standard InChI is InChI=1S/C21H22N2O2/c1-24-15-9-10-20(25-2)18(12-15)16-7-5-11-21(13-22,14-23)19-8-4-3-6-17(16)19/h5,7-10,12,16-17H,3-4,6,11H2,1-2H3/t16-,17+/m1/s1. The molecule has 1 aromatic carbocycles. The summed E-state index contributed by atoms with van der Waals surface area (Å²) < 4.78 is 11.0. The number of nitrogens with zero attached hydrogens (tertiary/aromatic N) is 2. The van der Waals surface area contributed by atoms with Gasteiger partial charge in [-0.1, -0.05) is 18.2 Å². The minimum atomic E-state index is -1.05. The van der Waals surface area contributed by atoms with Crippen LogP contribution in [0.25, 0.3) is 0 Å². The van der Waals surface area contributed by atoms with E-state index in [2.05, 4.69) is 24.3 Å². The van der Waals surface area contributed by atoms with E-state index in [0.717, 1.165) is 41.9 Å². The van der Waals surface area contributed by atoms with Crippen LogP contribution in [0.3, 0.4) is 0 Å².